The SMILES string of the molecule is CC(C)(C)[PH+](C=C1C=CC=C(c2ccccn2)[N-]1)C(C)(C)C.CC(C)(C)[PH+](Cc1cccc(-c2ccccn2)n1)C(C)(C)C.CC(C)[PH+](Cc1cccc(-c2ccccn2)n1)C(C)C.CCN(CC)CC1=CC=CC(=C[PH+](C(C)(C)C)C(C)(C)C)[N-]1.CCN(CC)Cc1cccc(C[PH+](C(C)(C)C)C(C)(C)C)n1.[CH-]=O.[CH-]=O.[CH-]=O.[CH-]=O.[CH-]=O.[CH-]=O.[CH2-]Cc1cccc(-c2ccccn2)n1.[Cl][RuH+2].[Cl][RuH+2].[Cl][RuH].[Cl][RuH].[RuH+2].[RuH+3]. The number of nitrogens with zero attached hydrogens (tertiary/aromatic N) is 12. The van der Waals surface area contributed by atoms with Crippen molar-refractivity contribution >= 4 is 125 Å². The average molecular weight is 2670 g/mol. The Kier molecular flexibility index (Phi) is 93.5. The third-order valence-electron chi connectivity index (χ3n) is 21.4. The molecule has 0 amide bonds. The van der Waals surface area contributed by atoms with Crippen LogP contribution in [-0.2, 0) is 168 Å². The molecule has 1 radical (unpaired) electrons. The van der Waals surface area contributed by atoms with Crippen LogP contribution in [0.4, 0.5) is 0 Å². The molecule has 2 aliphatic heterocycles. The topological polar surface area (TPSA) is 240 Å². The van der Waals surface area contributed by atoms with E-state index in [1.54, 1.807) is 75.4 Å². The van der Waals surface area contributed by atoms with Crippen LogP contribution in [0.15, 0.2) is 236 Å². The van der Waals surface area contributed by atoms with Crippen LogP contribution in [0, 0.1) is 6.92 Å². The molecule has 33 heteroatoms. The van der Waals surface area contributed by atoms with Crippen molar-refractivity contribution in [1.82, 2.24) is 49.7 Å². The number of carbonyl (C=O) groups excluding carboxylic acids is 6. The van der Waals surface area contributed by atoms with Gasteiger partial charge >= 0.3 is 147 Å². The number of pyridine rings is 8. The van der Waals surface area contributed by atoms with Gasteiger partial charge in [-0.05, 0) is 317 Å². The van der Waals surface area contributed by atoms with E-state index in [9.17, 15) is 0 Å². The second kappa shape index (κ2) is 86.6. The van der Waals surface area contributed by atoms with E-state index in [-0.39, 0.29) is 39.0 Å². The molecular weight excluding hydrogens is 2500 g/mol. The van der Waals surface area contributed by atoms with E-state index in [1.165, 1.54) is 28.5 Å². The van der Waals surface area contributed by atoms with Gasteiger partial charge in [0.15, 0.2) is 0 Å². The molecule has 2 aliphatic rings. The van der Waals surface area contributed by atoms with Crippen molar-refractivity contribution in [2.24, 2.45) is 0 Å². The van der Waals surface area contributed by atoms with Gasteiger partial charge in [0.1, 0.15) is 6.16 Å². The predicted molar refractivity (Wildman–Crippen MR) is 625 cm³/mol. The standard InChI is InChI=1S/C19H27N2P.C19H26N2P.C19H35N2P.C19H34N2P.C17H23N2P.C12H11N2.6CHO.4ClH.6Ru.6H/c2*1-18(2,3)22(19(4,5)6)14-15-10-9-12-17(21-15)16-11-7-8-13-20-16;2*1-9-21(10-2)14-16-12-11-13-17(20-16)15-22(18(3,4)5)19(6,7)8;1-13(2)20(14(3)4)12-15-8-7-10-17(19-15)16-9-5-6-11-18-16;1-2-10-6-5-8-12(14-10)11-7-3-4-9-13-11;6*1-2;;;;;;;;;;;;;;;;/h7-13H,14H2,1-6H3;7-14H,1-6H3;11-13H,9-10,14-15H2,1-8H3;11-13,15H,9-10,14H2,1-8H3;5-11,13-14H,12H2,1-4H3;3-9H,1-2H2;6*1H;4*1H;;;;;;;;;;;;/q;-1;;-1;;7*-1;;;;;2*+1;+2;3*+3;;;;;;/p+1. The molecule has 0 atom stereocenters. The Hall–Kier alpha value is -3.77. The van der Waals surface area contributed by atoms with Crippen molar-refractivity contribution in [3.63, 3.8) is 0 Å². The van der Waals surface area contributed by atoms with Gasteiger partial charge in [0.25, 0.3) is 0 Å². The molecule has 144 heavy (non-hydrogen) atoms. The van der Waals surface area contributed by atoms with Gasteiger partial charge in [0.05, 0.1) is 122 Å². The Labute approximate surface area is 961 Å². The monoisotopic (exact) mass is 2680 g/mol. The summed E-state index contributed by atoms with van der Waals surface area (Å²) in [6.45, 7) is 105. The summed E-state index contributed by atoms with van der Waals surface area (Å²) < 4.78 is 0. The molecular formula is C111H173Cl4N12O6P5Ru6+5. The zero-order valence-electron chi connectivity index (χ0n) is 91.3. The molecule has 809 valence electrons. The number of halogens is 4. The van der Waals surface area contributed by atoms with Gasteiger partial charge in [-0.25, -0.2) is 9.97 Å². The van der Waals surface area contributed by atoms with E-state index in [0.717, 1.165) is 132 Å². The van der Waals surface area contributed by atoms with Gasteiger partial charge in [-0.2, -0.15) is 0 Å². The molecule has 10 rings (SSSR count). The van der Waals surface area contributed by atoms with E-state index < -0.39 is 39.6 Å². The fourth-order valence-electron chi connectivity index (χ4n) is 16.0. The van der Waals surface area contributed by atoms with Crippen molar-refractivity contribution in [3.05, 3.63) is 287 Å². The van der Waals surface area contributed by atoms with E-state index in [4.69, 9.17) is 54.4 Å². The first-order chi connectivity index (χ1) is 67.0. The number of hydrogen-bond donors (Lipinski definition) is 0. The molecule has 0 aliphatic carbocycles. The van der Waals surface area contributed by atoms with Crippen LogP contribution in [0.3, 0.4) is 0 Å². The van der Waals surface area contributed by atoms with Crippen LogP contribution in [0.2, 0.25) is 0 Å². The van der Waals surface area contributed by atoms with Crippen molar-refractivity contribution in [3.8, 4) is 34.2 Å². The second-order valence-electron chi connectivity index (χ2n) is 40.7. The van der Waals surface area contributed by atoms with E-state index in [0.29, 0.717) is 47.7 Å². The Morgan fingerprint density at radius 3 is 0.910 bits per heavy atom. The normalized spacial score (nSPS) is 12.3. The Morgan fingerprint density at radius 2 is 0.618 bits per heavy atom. The third kappa shape index (κ3) is 66.2. The molecule has 0 bridgehead atoms. The van der Waals surface area contributed by atoms with Crippen LogP contribution in [0.5, 0.6) is 0 Å². The first-order valence-corrected chi connectivity index (χ1v) is 64.7. The summed E-state index contributed by atoms with van der Waals surface area (Å²) in [5.74, 6) is 4.88. The maximum atomic E-state index is 7.75. The molecule has 10 heterocycles. The van der Waals surface area contributed by atoms with Crippen LogP contribution in [-0.4, -0.2) is 176 Å². The van der Waals surface area contributed by atoms with Crippen LogP contribution >= 0.6 is 78.4 Å². The van der Waals surface area contributed by atoms with Gasteiger partial charge in [-0.1, -0.05) is 113 Å². The fourth-order valence-corrected chi connectivity index (χ4v) is 33.7. The first-order valence-electron chi connectivity index (χ1n) is 46.7. The number of hydrogen-bond acceptors (Lipinski definition) is 16. The van der Waals surface area contributed by atoms with Crippen molar-refractivity contribution in [2.45, 2.75) is 306 Å². The molecule has 8 aromatic rings. The first kappa shape index (κ1) is 155. The molecule has 0 fully saturated rings. The second-order valence-corrected chi connectivity index (χ2v) is 61.4. The summed E-state index contributed by atoms with van der Waals surface area (Å²) >= 11 is 6.49. The molecule has 0 spiro atoms. The van der Waals surface area contributed by atoms with Crippen molar-refractivity contribution < 1.29 is 137 Å². The zero-order chi connectivity index (χ0) is 111. The minimum atomic E-state index is -0.734. The van der Waals surface area contributed by atoms with Crippen LogP contribution in [0.1, 0.15) is 256 Å². The molecule has 8 aromatic heterocycles. The molecule has 0 saturated carbocycles. The van der Waals surface area contributed by atoms with Crippen molar-refractivity contribution in [2.75, 3.05) is 32.7 Å². The summed E-state index contributed by atoms with van der Waals surface area (Å²) in [4.78, 5) is 87.8. The zero-order valence-corrected chi connectivity index (χ0v) is 110. The number of aromatic nitrogens is 8. The fraction of sp³-hybridized carbons (Fsp3) is 0.468. The summed E-state index contributed by atoms with van der Waals surface area (Å²) in [6.07, 6.45) is 24.0. The minimum absolute atomic E-state index is 0. The number of likely N-dealkylation sites (N-methyl/N-ethyl adjacent to an activating group) is 1. The van der Waals surface area contributed by atoms with E-state index in [1.807, 2.05) is 128 Å². The third-order valence-corrected chi connectivity index (χ3v) is 41.5. The van der Waals surface area contributed by atoms with Gasteiger partial charge in [-0.3, -0.25) is 75.5 Å². The Balaban J connectivity index is -0.000000248. The molecule has 0 saturated heterocycles. The summed E-state index contributed by atoms with van der Waals surface area (Å²) in [6, 6.07) is 48.8. The Bertz CT molecular complexity index is 4690. The molecule has 18 nitrogen and oxygen atoms in total. The molecule has 0 unspecified atom stereocenters. The van der Waals surface area contributed by atoms with Crippen LogP contribution in [0.25, 0.3) is 50.5 Å². The molecule has 0 N–H and O–H groups in total. The Morgan fingerprint density at radius 1 is 0.354 bits per heavy atom. The quantitative estimate of drug-likeness (QED) is 0.0250. The van der Waals surface area contributed by atoms with Crippen LogP contribution < -0.4 is 0 Å². The van der Waals surface area contributed by atoms with Gasteiger partial charge in [-0.15, -0.1) is 29.2 Å². The van der Waals surface area contributed by atoms with Gasteiger partial charge < -0.3 is 51.2 Å². The van der Waals surface area contributed by atoms with E-state index in [2.05, 4.69) is 427 Å². The summed E-state index contributed by atoms with van der Waals surface area (Å²) in [7, 11) is 15.4. The van der Waals surface area contributed by atoms with Crippen molar-refractivity contribution in [1.29, 1.82) is 0 Å². The van der Waals surface area contributed by atoms with E-state index >= 15 is 0 Å². The maximum absolute atomic E-state index is 7.75. The predicted octanol–water partition coefficient (Wildman–Crippen LogP) is 29.2. The number of rotatable bonds is 23. The average Bonchev–Trinajstić information content (AvgIpc) is 0.811. The summed E-state index contributed by atoms with van der Waals surface area (Å²) in [5.41, 5.74) is 18.4. The van der Waals surface area contributed by atoms with Gasteiger partial charge in [0.2, 0.25) is 0 Å². The van der Waals surface area contributed by atoms with Gasteiger partial charge in [0, 0.05) is 101 Å². The molecule has 0 aromatic carbocycles. The number of allylic oxidation sites excluding steroid dienone is 6. The summed E-state index contributed by atoms with van der Waals surface area (Å²) in [5, 5.41) is 12.5.